The molecule has 0 bridgehead atoms. The Morgan fingerprint density at radius 1 is 1.02 bits per heavy atom. The molecule has 2 aromatic heterocycles. The van der Waals surface area contributed by atoms with E-state index in [1.807, 2.05) is 73.1 Å². The van der Waals surface area contributed by atoms with E-state index in [2.05, 4.69) is 37.9 Å². The molecule has 4 unspecified atom stereocenters. The first-order valence-corrected chi connectivity index (χ1v) is 17.5. The lowest BCUT2D eigenvalue weighted by Crippen LogP contribution is -2.50. The highest BCUT2D eigenvalue weighted by atomic mass is 16.6. The predicted molar refractivity (Wildman–Crippen MR) is 190 cm³/mol. The van der Waals surface area contributed by atoms with Crippen molar-refractivity contribution < 1.29 is 28.6 Å². The second-order valence-electron chi connectivity index (χ2n) is 13.7. The molecule has 0 aliphatic carbocycles. The molecule has 0 aromatic carbocycles. The van der Waals surface area contributed by atoms with E-state index in [1.54, 1.807) is 26.4 Å². The molecule has 2 aromatic rings. The number of pyridine rings is 1. The van der Waals surface area contributed by atoms with Crippen molar-refractivity contribution >= 4 is 17.5 Å². The molecule has 4 rings (SSSR count). The van der Waals surface area contributed by atoms with Gasteiger partial charge in [0, 0.05) is 62.1 Å². The van der Waals surface area contributed by atoms with Gasteiger partial charge in [0.15, 0.2) is 12.0 Å². The van der Waals surface area contributed by atoms with Gasteiger partial charge in [-0.2, -0.15) is 0 Å². The summed E-state index contributed by atoms with van der Waals surface area (Å²) in [5.74, 6) is 3.06. The minimum Gasteiger partial charge on any atom is -0.470 e. The SMILES string of the molecule is C=C1OC2C(C(C)C(=O)[C@H](C)C[C@@](C)(OC)C[C@@H](C)C(=O)C(C)C(=O)O[C@@H]2CC)N1CCCCn1cnc(-c2cccnc2)c1.CC#CC. The Morgan fingerprint density at radius 2 is 1.67 bits per heavy atom. The fraction of sp³-hybridized carbons (Fsp3) is 0.615. The number of aryl methyl sites for hydroxylation is 1. The molecular formula is C39H56N4O6. The Bertz CT molecular complexity index is 1470. The number of Topliss-reactive ketones (excluding diaryl/α,β-unsaturated/α-hetero) is 2. The standard InChI is InChI=1S/C35H50N4O6.C4H6/c1-9-29-33-30(24(4)31(40)22(2)17-35(7,43-8)18-23(3)32(41)25(5)34(42)45-29)39(26(6)44-33)16-11-10-15-38-20-28(37-21-38)27-13-12-14-36-19-27;1-3-4-2/h12-14,19-25,29-30,33H,6,9-11,15-18H2,1-5,7-8H3;1-2H3/t22-,23-,24?,25?,29-,30?,33?,35-;/m1./s1. The fourth-order valence-electron chi connectivity index (χ4n) is 7.02. The minimum absolute atomic E-state index is 0.0866. The summed E-state index contributed by atoms with van der Waals surface area (Å²) in [5, 5.41) is 0. The lowest BCUT2D eigenvalue weighted by Gasteiger charge is -2.37. The number of unbranched alkanes of at least 4 members (excludes halogenated alkanes) is 1. The molecule has 49 heavy (non-hydrogen) atoms. The minimum atomic E-state index is -0.921. The van der Waals surface area contributed by atoms with Crippen molar-refractivity contribution in [1.82, 2.24) is 19.4 Å². The average Bonchev–Trinajstić information content (AvgIpc) is 3.71. The van der Waals surface area contributed by atoms with Gasteiger partial charge in [-0.05, 0) is 78.5 Å². The van der Waals surface area contributed by atoms with Crippen LogP contribution in [0.4, 0.5) is 0 Å². The number of hydrogen-bond acceptors (Lipinski definition) is 9. The van der Waals surface area contributed by atoms with Crippen LogP contribution < -0.4 is 0 Å². The van der Waals surface area contributed by atoms with Gasteiger partial charge in [0.25, 0.3) is 0 Å². The molecular weight excluding hydrogens is 620 g/mol. The van der Waals surface area contributed by atoms with Crippen LogP contribution in [0.2, 0.25) is 0 Å². The molecule has 10 nitrogen and oxygen atoms in total. The number of nitrogens with zero attached hydrogens (tertiary/aromatic N) is 4. The number of esters is 1. The quantitative estimate of drug-likeness (QED) is 0.134. The van der Waals surface area contributed by atoms with Crippen LogP contribution in [0.3, 0.4) is 0 Å². The number of rotatable bonds is 8. The number of fused-ring (bicyclic) bond motifs is 1. The van der Waals surface area contributed by atoms with Crippen LogP contribution in [-0.2, 0) is 35.1 Å². The van der Waals surface area contributed by atoms with E-state index in [1.165, 1.54) is 0 Å². The molecule has 2 aliphatic heterocycles. The van der Waals surface area contributed by atoms with Crippen LogP contribution in [0, 0.1) is 35.5 Å². The summed E-state index contributed by atoms with van der Waals surface area (Å²) in [6, 6.07) is 3.50. The monoisotopic (exact) mass is 676 g/mol. The van der Waals surface area contributed by atoms with E-state index in [0.717, 1.165) is 30.6 Å². The zero-order chi connectivity index (χ0) is 36.3. The van der Waals surface area contributed by atoms with Gasteiger partial charge in [0.05, 0.1) is 23.7 Å². The third-order valence-corrected chi connectivity index (χ3v) is 9.91. The Kier molecular flexibility index (Phi) is 14.6. The largest absolute Gasteiger partial charge is 0.470 e. The van der Waals surface area contributed by atoms with Gasteiger partial charge in [-0.15, -0.1) is 11.8 Å². The lowest BCUT2D eigenvalue weighted by atomic mass is 9.77. The van der Waals surface area contributed by atoms with Crippen LogP contribution in [0.1, 0.15) is 87.5 Å². The number of aromatic nitrogens is 3. The maximum absolute atomic E-state index is 14.0. The summed E-state index contributed by atoms with van der Waals surface area (Å²) >= 11 is 0. The van der Waals surface area contributed by atoms with Gasteiger partial charge in [-0.1, -0.05) is 27.7 Å². The number of methoxy groups -OCH3 is 1. The maximum atomic E-state index is 14.0. The van der Waals surface area contributed by atoms with E-state index < -0.39 is 41.5 Å². The van der Waals surface area contributed by atoms with Gasteiger partial charge in [-0.3, -0.25) is 19.4 Å². The molecule has 0 N–H and O–H groups in total. The number of carbonyl (C=O) groups excluding carboxylic acids is 3. The van der Waals surface area contributed by atoms with Crippen molar-refractivity contribution in [3.8, 4) is 23.1 Å². The fourth-order valence-corrected chi connectivity index (χ4v) is 7.02. The number of cyclic esters (lactones) is 1. The summed E-state index contributed by atoms with van der Waals surface area (Å²) in [6.45, 7) is 20.4. The Hall–Kier alpha value is -3.97. The highest BCUT2D eigenvalue weighted by Gasteiger charge is 2.49. The zero-order valence-corrected chi connectivity index (χ0v) is 30.9. The molecule has 0 spiro atoms. The second kappa shape index (κ2) is 18.1. The first kappa shape index (κ1) is 39.5. The van der Waals surface area contributed by atoms with Crippen molar-refractivity contribution in [2.24, 2.45) is 23.7 Å². The second-order valence-corrected chi connectivity index (χ2v) is 13.7. The molecule has 0 radical (unpaired) electrons. The maximum Gasteiger partial charge on any atom is 0.316 e. The van der Waals surface area contributed by atoms with Gasteiger partial charge in [0.2, 0.25) is 0 Å². The van der Waals surface area contributed by atoms with E-state index in [9.17, 15) is 14.4 Å². The molecule has 2 aliphatic rings. The van der Waals surface area contributed by atoms with Gasteiger partial charge >= 0.3 is 5.97 Å². The summed E-state index contributed by atoms with van der Waals surface area (Å²) in [7, 11) is 1.61. The van der Waals surface area contributed by atoms with Crippen LogP contribution in [0.5, 0.6) is 0 Å². The first-order valence-electron chi connectivity index (χ1n) is 17.5. The Balaban J connectivity index is 0.00000154. The van der Waals surface area contributed by atoms with Crippen LogP contribution in [0.25, 0.3) is 11.3 Å². The molecule has 2 saturated heterocycles. The molecule has 2 fully saturated rings. The van der Waals surface area contributed by atoms with E-state index >= 15 is 0 Å². The summed E-state index contributed by atoms with van der Waals surface area (Å²) in [4.78, 5) is 51.4. The highest BCUT2D eigenvalue weighted by Crippen LogP contribution is 2.38. The highest BCUT2D eigenvalue weighted by molar-refractivity contribution is 5.99. The van der Waals surface area contributed by atoms with E-state index in [4.69, 9.17) is 14.2 Å². The topological polar surface area (TPSA) is 113 Å². The van der Waals surface area contributed by atoms with Crippen LogP contribution in [0.15, 0.2) is 49.5 Å². The zero-order valence-electron chi connectivity index (χ0n) is 30.9. The van der Waals surface area contributed by atoms with Crippen molar-refractivity contribution in [3.05, 3.63) is 49.5 Å². The first-order chi connectivity index (χ1) is 23.3. The molecule has 8 atom stereocenters. The van der Waals surface area contributed by atoms with Gasteiger partial charge in [0.1, 0.15) is 23.6 Å². The van der Waals surface area contributed by atoms with Gasteiger partial charge in [-0.25, -0.2) is 4.98 Å². The molecule has 10 heteroatoms. The van der Waals surface area contributed by atoms with E-state index in [-0.39, 0.29) is 23.5 Å². The Labute approximate surface area is 293 Å². The van der Waals surface area contributed by atoms with Crippen LogP contribution >= 0.6 is 0 Å². The predicted octanol–water partition coefficient (Wildman–Crippen LogP) is 6.50. The normalized spacial score (nSPS) is 29.4. The summed E-state index contributed by atoms with van der Waals surface area (Å²) in [5.41, 5.74) is 1.14. The average molecular weight is 677 g/mol. The van der Waals surface area contributed by atoms with Crippen LogP contribution in [-0.4, -0.2) is 74.5 Å². The third-order valence-electron chi connectivity index (χ3n) is 9.91. The van der Waals surface area contributed by atoms with Crippen molar-refractivity contribution in [2.75, 3.05) is 13.7 Å². The molecule has 4 heterocycles. The lowest BCUT2D eigenvalue weighted by molar-refractivity contribution is -0.163. The van der Waals surface area contributed by atoms with Crippen molar-refractivity contribution in [1.29, 1.82) is 0 Å². The Morgan fingerprint density at radius 3 is 2.27 bits per heavy atom. The summed E-state index contributed by atoms with van der Waals surface area (Å²) < 4.78 is 20.3. The number of imidazole rings is 1. The van der Waals surface area contributed by atoms with Gasteiger partial charge < -0.3 is 23.7 Å². The summed E-state index contributed by atoms with van der Waals surface area (Å²) in [6.07, 6.45) is 9.20. The number of ether oxygens (including phenoxy) is 3. The number of ketones is 2. The number of hydrogen-bond donors (Lipinski definition) is 0. The number of carbonyl (C=O) groups is 3. The smallest absolute Gasteiger partial charge is 0.316 e. The molecule has 268 valence electrons. The third kappa shape index (κ3) is 10.0. The molecule has 0 saturated carbocycles. The molecule has 0 amide bonds. The van der Waals surface area contributed by atoms with Crippen molar-refractivity contribution in [2.45, 2.75) is 118 Å². The van der Waals surface area contributed by atoms with E-state index in [0.29, 0.717) is 31.7 Å². The van der Waals surface area contributed by atoms with Crippen molar-refractivity contribution in [3.63, 3.8) is 0 Å².